The predicted molar refractivity (Wildman–Crippen MR) is 96.4 cm³/mol. The van der Waals surface area contributed by atoms with Crippen molar-refractivity contribution in [1.29, 1.82) is 0 Å². The van der Waals surface area contributed by atoms with Crippen molar-refractivity contribution in [2.24, 2.45) is 0 Å². The lowest BCUT2D eigenvalue weighted by Gasteiger charge is -2.16. The van der Waals surface area contributed by atoms with Crippen molar-refractivity contribution in [3.8, 4) is 10.6 Å². The number of rotatable bonds is 4. The number of aromatic nitrogens is 2. The van der Waals surface area contributed by atoms with Gasteiger partial charge in [0.2, 0.25) is 0 Å². The molecule has 3 aromatic rings. The van der Waals surface area contributed by atoms with Crippen LogP contribution in [0.5, 0.6) is 0 Å². The van der Waals surface area contributed by atoms with Crippen LogP contribution < -0.4 is 10.2 Å². The van der Waals surface area contributed by atoms with E-state index in [1.54, 1.807) is 23.5 Å². The molecule has 3 heterocycles. The van der Waals surface area contributed by atoms with E-state index in [1.165, 1.54) is 12.1 Å². The van der Waals surface area contributed by atoms with Crippen LogP contribution in [0.3, 0.4) is 0 Å². The molecule has 1 amide bonds. The summed E-state index contributed by atoms with van der Waals surface area (Å²) in [5, 5.41) is 12.5. The standard InChI is InChI=1S/C18H17FN4OS/c19-13-4-1-3-12(9-13)18(24)20-14-6-7-23(11-14)17-10-15(21-22-17)16-5-2-8-25-16/h1-5,8-10,14H,6-7,11H2,(H,20,24)(H,21,22). The topological polar surface area (TPSA) is 61.0 Å². The number of anilines is 1. The molecule has 2 N–H and O–H groups in total. The van der Waals surface area contributed by atoms with Crippen LogP contribution in [0.2, 0.25) is 0 Å². The molecule has 5 nitrogen and oxygen atoms in total. The fraction of sp³-hybridized carbons (Fsp3) is 0.222. The highest BCUT2D eigenvalue weighted by molar-refractivity contribution is 7.13. The minimum Gasteiger partial charge on any atom is -0.353 e. The predicted octanol–water partition coefficient (Wildman–Crippen LogP) is 3.29. The first-order valence-electron chi connectivity index (χ1n) is 8.10. The molecule has 128 valence electrons. The molecule has 1 fully saturated rings. The van der Waals surface area contributed by atoms with Crippen LogP contribution in [-0.2, 0) is 0 Å². The van der Waals surface area contributed by atoms with E-state index in [9.17, 15) is 9.18 Å². The Balaban J connectivity index is 1.39. The Hall–Kier alpha value is -2.67. The number of benzene rings is 1. The van der Waals surface area contributed by atoms with Gasteiger partial charge in [0.25, 0.3) is 5.91 Å². The normalized spacial score (nSPS) is 17.0. The van der Waals surface area contributed by atoms with Gasteiger partial charge in [-0.3, -0.25) is 9.89 Å². The van der Waals surface area contributed by atoms with E-state index >= 15 is 0 Å². The quantitative estimate of drug-likeness (QED) is 0.754. The van der Waals surface area contributed by atoms with Crippen LogP contribution >= 0.6 is 11.3 Å². The summed E-state index contributed by atoms with van der Waals surface area (Å²) in [4.78, 5) is 15.5. The number of H-pyrrole nitrogens is 1. The smallest absolute Gasteiger partial charge is 0.251 e. The van der Waals surface area contributed by atoms with Gasteiger partial charge >= 0.3 is 0 Å². The van der Waals surface area contributed by atoms with E-state index in [0.717, 1.165) is 29.4 Å². The fourth-order valence-corrected chi connectivity index (χ4v) is 3.71. The highest BCUT2D eigenvalue weighted by atomic mass is 32.1. The monoisotopic (exact) mass is 356 g/mol. The number of hydrogen-bond acceptors (Lipinski definition) is 4. The zero-order valence-electron chi connectivity index (χ0n) is 13.4. The zero-order valence-corrected chi connectivity index (χ0v) is 14.2. The second-order valence-electron chi connectivity index (χ2n) is 6.03. The lowest BCUT2D eigenvalue weighted by molar-refractivity contribution is 0.0940. The molecule has 0 spiro atoms. The molecule has 4 rings (SSSR count). The number of amides is 1. The van der Waals surface area contributed by atoms with Gasteiger partial charge in [-0.15, -0.1) is 11.3 Å². The molecule has 1 aliphatic heterocycles. The third kappa shape index (κ3) is 3.41. The first kappa shape index (κ1) is 15.8. The van der Waals surface area contributed by atoms with Crippen LogP contribution in [-0.4, -0.2) is 35.2 Å². The molecule has 1 atom stereocenters. The van der Waals surface area contributed by atoms with Gasteiger partial charge in [-0.2, -0.15) is 5.10 Å². The molecule has 1 aromatic carbocycles. The van der Waals surface area contributed by atoms with Crippen LogP contribution in [0.25, 0.3) is 10.6 Å². The Morgan fingerprint density at radius 3 is 3.04 bits per heavy atom. The number of nitrogens with zero attached hydrogens (tertiary/aromatic N) is 2. The largest absolute Gasteiger partial charge is 0.353 e. The molecule has 1 unspecified atom stereocenters. The summed E-state index contributed by atoms with van der Waals surface area (Å²) in [6.45, 7) is 1.51. The first-order chi connectivity index (χ1) is 12.2. The maximum Gasteiger partial charge on any atom is 0.251 e. The SMILES string of the molecule is O=C(NC1CCN(c2cc(-c3cccs3)[nH]n2)C1)c1cccc(F)c1. The summed E-state index contributed by atoms with van der Waals surface area (Å²) in [6.07, 6.45) is 0.836. The second kappa shape index (κ2) is 6.68. The minimum atomic E-state index is -0.404. The van der Waals surface area contributed by atoms with Gasteiger partial charge in [0.05, 0.1) is 10.6 Å². The van der Waals surface area contributed by atoms with E-state index in [-0.39, 0.29) is 11.9 Å². The number of carbonyl (C=O) groups is 1. The van der Waals surface area contributed by atoms with E-state index in [4.69, 9.17) is 0 Å². The number of thiophene rings is 1. The van der Waals surface area contributed by atoms with Gasteiger partial charge in [0, 0.05) is 30.8 Å². The second-order valence-corrected chi connectivity index (χ2v) is 6.98. The lowest BCUT2D eigenvalue weighted by Crippen LogP contribution is -2.37. The molecule has 0 radical (unpaired) electrons. The van der Waals surface area contributed by atoms with Crippen molar-refractivity contribution in [3.63, 3.8) is 0 Å². The first-order valence-corrected chi connectivity index (χ1v) is 8.98. The Morgan fingerprint density at radius 1 is 1.32 bits per heavy atom. The average Bonchev–Trinajstić information content (AvgIpc) is 3.35. The average molecular weight is 356 g/mol. The van der Waals surface area contributed by atoms with Crippen molar-refractivity contribution in [3.05, 3.63) is 59.2 Å². The fourth-order valence-electron chi connectivity index (χ4n) is 3.02. The zero-order chi connectivity index (χ0) is 17.2. The molecule has 0 aliphatic carbocycles. The van der Waals surface area contributed by atoms with Gasteiger partial charge in [-0.1, -0.05) is 12.1 Å². The number of aromatic amines is 1. The summed E-state index contributed by atoms with van der Waals surface area (Å²) < 4.78 is 13.2. The summed E-state index contributed by atoms with van der Waals surface area (Å²) >= 11 is 1.66. The van der Waals surface area contributed by atoms with Crippen molar-refractivity contribution in [1.82, 2.24) is 15.5 Å². The molecule has 2 aromatic heterocycles. The maximum atomic E-state index is 13.2. The Bertz CT molecular complexity index is 877. The van der Waals surface area contributed by atoms with Crippen molar-refractivity contribution in [2.45, 2.75) is 12.5 Å². The van der Waals surface area contributed by atoms with E-state index in [1.807, 2.05) is 23.6 Å². The van der Waals surface area contributed by atoms with Crippen LogP contribution in [0.1, 0.15) is 16.8 Å². The summed E-state index contributed by atoms with van der Waals surface area (Å²) in [6, 6.07) is 11.9. The van der Waals surface area contributed by atoms with Crippen molar-refractivity contribution < 1.29 is 9.18 Å². The highest BCUT2D eigenvalue weighted by Gasteiger charge is 2.26. The van der Waals surface area contributed by atoms with Crippen molar-refractivity contribution in [2.75, 3.05) is 18.0 Å². The molecular weight excluding hydrogens is 339 g/mol. The lowest BCUT2D eigenvalue weighted by atomic mass is 10.2. The molecule has 1 saturated heterocycles. The van der Waals surface area contributed by atoms with Gasteiger partial charge in [0.15, 0.2) is 5.82 Å². The molecular formula is C18H17FN4OS. The molecule has 1 aliphatic rings. The molecule has 7 heteroatoms. The van der Waals surface area contributed by atoms with Gasteiger partial charge in [-0.25, -0.2) is 4.39 Å². The third-order valence-electron chi connectivity index (χ3n) is 4.29. The molecule has 25 heavy (non-hydrogen) atoms. The molecule has 0 saturated carbocycles. The van der Waals surface area contributed by atoms with E-state index < -0.39 is 5.82 Å². The van der Waals surface area contributed by atoms with Crippen LogP contribution in [0.15, 0.2) is 47.8 Å². The summed E-state index contributed by atoms with van der Waals surface area (Å²) in [7, 11) is 0. The Morgan fingerprint density at radius 2 is 2.24 bits per heavy atom. The minimum absolute atomic E-state index is 0.0256. The number of nitrogens with one attached hydrogen (secondary N) is 2. The van der Waals surface area contributed by atoms with Gasteiger partial charge < -0.3 is 10.2 Å². The van der Waals surface area contributed by atoms with Gasteiger partial charge in [0.1, 0.15) is 5.82 Å². The third-order valence-corrected chi connectivity index (χ3v) is 5.19. The Labute approximate surface area is 148 Å². The Kier molecular flexibility index (Phi) is 4.23. The summed E-state index contributed by atoms with van der Waals surface area (Å²) in [5.41, 5.74) is 1.34. The van der Waals surface area contributed by atoms with Gasteiger partial charge in [-0.05, 0) is 36.1 Å². The molecule has 0 bridgehead atoms. The van der Waals surface area contributed by atoms with Crippen LogP contribution in [0.4, 0.5) is 10.2 Å². The van der Waals surface area contributed by atoms with E-state index in [2.05, 4.69) is 20.4 Å². The van der Waals surface area contributed by atoms with Crippen LogP contribution in [0, 0.1) is 5.82 Å². The summed E-state index contributed by atoms with van der Waals surface area (Å²) in [5.74, 6) is 0.233. The maximum absolute atomic E-state index is 13.2. The highest BCUT2D eigenvalue weighted by Crippen LogP contribution is 2.27. The number of hydrogen-bond donors (Lipinski definition) is 2. The number of halogens is 1. The van der Waals surface area contributed by atoms with E-state index in [0.29, 0.717) is 12.1 Å². The van der Waals surface area contributed by atoms with Crippen molar-refractivity contribution >= 4 is 23.1 Å². The number of carbonyl (C=O) groups excluding carboxylic acids is 1.